The molecule has 1 N–H and O–H groups in total. The second-order valence-electron chi connectivity index (χ2n) is 7.26. The number of hydrogen-bond donors (Lipinski definition) is 1. The molecule has 2 aliphatic heterocycles. The van der Waals surface area contributed by atoms with Crippen molar-refractivity contribution in [2.24, 2.45) is 0 Å². The number of halogens is 1. The van der Waals surface area contributed by atoms with Crippen molar-refractivity contribution in [1.82, 2.24) is 15.1 Å². The molecule has 2 aliphatic rings. The number of imide groups is 1. The Bertz CT molecular complexity index is 922. The summed E-state index contributed by atoms with van der Waals surface area (Å²) in [4.78, 5) is 40.6. The van der Waals surface area contributed by atoms with E-state index in [1.807, 2.05) is 0 Å². The SMILES string of the molecule is O=C(CN1C(=O)c2ccccc2C1=O)NC[C@@H](c1ccc(F)cc1)N1CCOCC1. The van der Waals surface area contributed by atoms with Crippen LogP contribution in [0.25, 0.3) is 0 Å². The van der Waals surface area contributed by atoms with Crippen LogP contribution in [0.5, 0.6) is 0 Å². The van der Waals surface area contributed by atoms with Crippen LogP contribution in [-0.2, 0) is 9.53 Å². The van der Waals surface area contributed by atoms with Crippen molar-refractivity contribution in [1.29, 1.82) is 0 Å². The zero-order valence-electron chi connectivity index (χ0n) is 16.3. The van der Waals surface area contributed by atoms with Crippen molar-refractivity contribution in [3.63, 3.8) is 0 Å². The second-order valence-corrected chi connectivity index (χ2v) is 7.26. The van der Waals surface area contributed by atoms with E-state index in [4.69, 9.17) is 4.74 Å². The van der Waals surface area contributed by atoms with Gasteiger partial charge in [0.25, 0.3) is 11.8 Å². The van der Waals surface area contributed by atoms with Gasteiger partial charge in [-0.2, -0.15) is 0 Å². The van der Waals surface area contributed by atoms with Crippen molar-refractivity contribution in [2.75, 3.05) is 39.4 Å². The number of benzene rings is 2. The van der Waals surface area contributed by atoms with E-state index < -0.39 is 17.7 Å². The summed E-state index contributed by atoms with van der Waals surface area (Å²) in [5.41, 5.74) is 1.50. The molecule has 3 amide bonds. The van der Waals surface area contributed by atoms with Crippen LogP contribution in [0.2, 0.25) is 0 Å². The Balaban J connectivity index is 1.42. The molecule has 7 nitrogen and oxygen atoms in total. The third kappa shape index (κ3) is 4.10. The lowest BCUT2D eigenvalue weighted by molar-refractivity contribution is -0.121. The van der Waals surface area contributed by atoms with E-state index in [9.17, 15) is 18.8 Å². The minimum atomic E-state index is -0.464. The Kier molecular flexibility index (Phi) is 5.87. The standard InChI is InChI=1S/C22H22FN3O4/c23-16-7-5-15(6-8-16)19(25-9-11-30-12-10-25)13-24-20(27)14-26-21(28)17-3-1-2-4-18(17)22(26)29/h1-8,19H,9-14H2,(H,24,27)/t19-/m0/s1. The fourth-order valence-electron chi connectivity index (χ4n) is 3.82. The number of rotatable bonds is 6. The minimum Gasteiger partial charge on any atom is -0.379 e. The summed E-state index contributed by atoms with van der Waals surface area (Å²) in [7, 11) is 0. The zero-order chi connectivity index (χ0) is 21.1. The van der Waals surface area contributed by atoms with Gasteiger partial charge >= 0.3 is 0 Å². The summed E-state index contributed by atoms with van der Waals surface area (Å²) in [6.45, 7) is 2.48. The van der Waals surface area contributed by atoms with E-state index in [-0.39, 0.29) is 24.9 Å². The van der Waals surface area contributed by atoms with Crippen molar-refractivity contribution < 1.29 is 23.5 Å². The quantitative estimate of drug-likeness (QED) is 0.731. The van der Waals surface area contributed by atoms with Gasteiger partial charge in [0.05, 0.1) is 30.4 Å². The summed E-state index contributed by atoms with van der Waals surface area (Å²) in [6, 6.07) is 12.5. The monoisotopic (exact) mass is 411 g/mol. The first-order valence-corrected chi connectivity index (χ1v) is 9.84. The van der Waals surface area contributed by atoms with Gasteiger partial charge < -0.3 is 10.1 Å². The molecule has 0 bridgehead atoms. The van der Waals surface area contributed by atoms with E-state index >= 15 is 0 Å². The maximum absolute atomic E-state index is 13.3. The van der Waals surface area contributed by atoms with Crippen molar-refractivity contribution in [3.8, 4) is 0 Å². The summed E-state index contributed by atoms with van der Waals surface area (Å²) < 4.78 is 18.7. The number of morpholine rings is 1. The van der Waals surface area contributed by atoms with Crippen LogP contribution in [0.3, 0.4) is 0 Å². The van der Waals surface area contributed by atoms with E-state index in [1.54, 1.807) is 36.4 Å². The van der Waals surface area contributed by atoms with E-state index in [0.717, 1.165) is 10.5 Å². The topological polar surface area (TPSA) is 79.0 Å². The molecule has 2 aromatic rings. The molecule has 0 unspecified atom stereocenters. The molecular formula is C22H22FN3O4. The summed E-state index contributed by atoms with van der Waals surface area (Å²) in [6.07, 6.45) is 0. The number of nitrogens with one attached hydrogen (secondary N) is 1. The third-order valence-electron chi connectivity index (χ3n) is 5.41. The predicted molar refractivity (Wildman–Crippen MR) is 106 cm³/mol. The molecule has 0 aliphatic carbocycles. The molecule has 1 atom stereocenters. The van der Waals surface area contributed by atoms with E-state index in [0.29, 0.717) is 37.4 Å². The summed E-state index contributed by atoms with van der Waals surface area (Å²) in [5.74, 6) is -1.68. The summed E-state index contributed by atoms with van der Waals surface area (Å²) >= 11 is 0. The van der Waals surface area contributed by atoms with Gasteiger partial charge in [-0.15, -0.1) is 0 Å². The fraction of sp³-hybridized carbons (Fsp3) is 0.318. The Morgan fingerprint density at radius 3 is 2.20 bits per heavy atom. The van der Waals surface area contributed by atoms with Gasteiger partial charge in [-0.05, 0) is 29.8 Å². The van der Waals surface area contributed by atoms with Gasteiger partial charge in [0.15, 0.2) is 0 Å². The number of carbonyl (C=O) groups excluding carboxylic acids is 3. The maximum Gasteiger partial charge on any atom is 0.262 e. The smallest absolute Gasteiger partial charge is 0.262 e. The molecule has 2 heterocycles. The van der Waals surface area contributed by atoms with Crippen LogP contribution < -0.4 is 5.32 Å². The highest BCUT2D eigenvalue weighted by Crippen LogP contribution is 2.23. The van der Waals surface area contributed by atoms with Crippen LogP contribution in [0.4, 0.5) is 4.39 Å². The lowest BCUT2D eigenvalue weighted by Gasteiger charge is -2.35. The Morgan fingerprint density at radius 1 is 1.00 bits per heavy atom. The molecule has 30 heavy (non-hydrogen) atoms. The minimum absolute atomic E-state index is 0.166. The normalized spacial score (nSPS) is 17.7. The molecule has 0 saturated carbocycles. The molecule has 0 radical (unpaired) electrons. The molecule has 0 spiro atoms. The number of carbonyl (C=O) groups is 3. The molecule has 4 rings (SSSR count). The van der Waals surface area contributed by atoms with Gasteiger partial charge in [-0.25, -0.2) is 4.39 Å². The Hall–Kier alpha value is -3.10. The first kappa shape index (κ1) is 20.2. The van der Waals surface area contributed by atoms with Crippen LogP contribution >= 0.6 is 0 Å². The lowest BCUT2D eigenvalue weighted by atomic mass is 10.0. The van der Waals surface area contributed by atoms with Crippen molar-refractivity contribution >= 4 is 17.7 Å². The number of fused-ring (bicyclic) bond motifs is 1. The number of hydrogen-bond acceptors (Lipinski definition) is 5. The predicted octanol–water partition coefficient (Wildman–Crippen LogP) is 1.61. The van der Waals surface area contributed by atoms with Crippen LogP contribution in [0.15, 0.2) is 48.5 Å². The second kappa shape index (κ2) is 8.73. The molecule has 156 valence electrons. The molecule has 2 aromatic carbocycles. The summed E-state index contributed by atoms with van der Waals surface area (Å²) in [5, 5.41) is 2.83. The highest BCUT2D eigenvalue weighted by atomic mass is 19.1. The molecule has 1 saturated heterocycles. The fourth-order valence-corrected chi connectivity index (χ4v) is 3.82. The number of nitrogens with zero attached hydrogens (tertiary/aromatic N) is 2. The van der Waals surface area contributed by atoms with Gasteiger partial charge in [0.1, 0.15) is 12.4 Å². The molecule has 1 fully saturated rings. The van der Waals surface area contributed by atoms with E-state index in [2.05, 4.69) is 10.2 Å². The van der Waals surface area contributed by atoms with Crippen LogP contribution in [0, 0.1) is 5.82 Å². The first-order valence-electron chi connectivity index (χ1n) is 9.84. The maximum atomic E-state index is 13.3. The van der Waals surface area contributed by atoms with Gasteiger partial charge in [0, 0.05) is 19.6 Å². The first-order chi connectivity index (χ1) is 14.5. The molecular weight excluding hydrogens is 389 g/mol. The largest absolute Gasteiger partial charge is 0.379 e. The Morgan fingerprint density at radius 2 is 1.60 bits per heavy atom. The van der Waals surface area contributed by atoms with Crippen LogP contribution in [0.1, 0.15) is 32.3 Å². The van der Waals surface area contributed by atoms with Gasteiger partial charge in [-0.3, -0.25) is 24.2 Å². The van der Waals surface area contributed by atoms with Gasteiger partial charge in [0.2, 0.25) is 5.91 Å². The van der Waals surface area contributed by atoms with Crippen molar-refractivity contribution in [3.05, 3.63) is 71.0 Å². The van der Waals surface area contributed by atoms with Gasteiger partial charge in [-0.1, -0.05) is 24.3 Å². The molecule has 8 heteroatoms. The number of amides is 3. The average Bonchev–Trinajstić information content (AvgIpc) is 3.01. The lowest BCUT2D eigenvalue weighted by Crippen LogP contribution is -2.46. The van der Waals surface area contributed by atoms with E-state index in [1.165, 1.54) is 12.1 Å². The number of ether oxygens (including phenoxy) is 1. The Labute approximate surface area is 173 Å². The van der Waals surface area contributed by atoms with Crippen molar-refractivity contribution in [2.45, 2.75) is 6.04 Å². The highest BCUT2D eigenvalue weighted by molar-refractivity contribution is 6.22. The van der Waals surface area contributed by atoms with Crippen LogP contribution in [-0.4, -0.2) is 66.9 Å². The molecule has 0 aromatic heterocycles. The average molecular weight is 411 g/mol. The zero-order valence-corrected chi connectivity index (χ0v) is 16.3. The third-order valence-corrected chi connectivity index (χ3v) is 5.41. The highest BCUT2D eigenvalue weighted by Gasteiger charge is 2.36.